The Balaban J connectivity index is 0.00000176. The lowest BCUT2D eigenvalue weighted by Gasteiger charge is -2.23. The summed E-state index contributed by atoms with van der Waals surface area (Å²) in [6, 6.07) is 9.96. The van der Waals surface area contributed by atoms with E-state index >= 15 is 0 Å². The van der Waals surface area contributed by atoms with Gasteiger partial charge in [-0.25, -0.2) is 0 Å². The number of aromatic nitrogens is 2. The van der Waals surface area contributed by atoms with E-state index in [1.165, 1.54) is 0 Å². The molecule has 22 heavy (non-hydrogen) atoms. The van der Waals surface area contributed by atoms with Gasteiger partial charge in [0.05, 0.1) is 4.47 Å². The smallest absolute Gasteiger partial charge is 0.270 e. The molecule has 118 valence electrons. The normalized spacial score (nSPS) is 17.6. The topological polar surface area (TPSA) is 69.8 Å². The molecule has 5 nitrogen and oxygen atoms in total. The van der Waals surface area contributed by atoms with Crippen molar-refractivity contribution in [1.82, 2.24) is 20.8 Å². The van der Waals surface area contributed by atoms with Crippen LogP contribution in [0.4, 0.5) is 0 Å². The highest BCUT2D eigenvalue weighted by Gasteiger charge is 2.21. The number of nitrogens with zero attached hydrogens (tertiary/aromatic N) is 1. The third-order valence-corrected chi connectivity index (χ3v) is 4.39. The number of piperidine rings is 1. The van der Waals surface area contributed by atoms with Crippen LogP contribution in [0.3, 0.4) is 0 Å². The van der Waals surface area contributed by atoms with Gasteiger partial charge < -0.3 is 10.6 Å². The average molecular weight is 386 g/mol. The molecule has 0 bridgehead atoms. The predicted octanol–water partition coefficient (Wildman–Crippen LogP) is 2.74. The van der Waals surface area contributed by atoms with Crippen LogP contribution in [-0.2, 0) is 0 Å². The zero-order valence-electron chi connectivity index (χ0n) is 11.9. The van der Waals surface area contributed by atoms with Gasteiger partial charge in [0.15, 0.2) is 0 Å². The van der Waals surface area contributed by atoms with Crippen molar-refractivity contribution in [3.8, 4) is 11.3 Å². The van der Waals surface area contributed by atoms with E-state index in [-0.39, 0.29) is 24.4 Å². The zero-order valence-corrected chi connectivity index (χ0v) is 14.3. The Hall–Kier alpha value is -1.37. The summed E-state index contributed by atoms with van der Waals surface area (Å²) >= 11 is 3.48. The van der Waals surface area contributed by atoms with E-state index < -0.39 is 0 Å². The predicted molar refractivity (Wildman–Crippen MR) is 92.3 cm³/mol. The van der Waals surface area contributed by atoms with E-state index in [1.54, 1.807) is 0 Å². The molecule has 1 aliphatic heterocycles. The molecule has 3 rings (SSSR count). The van der Waals surface area contributed by atoms with Gasteiger partial charge in [0.25, 0.3) is 5.91 Å². The van der Waals surface area contributed by atoms with Crippen molar-refractivity contribution < 1.29 is 4.79 Å². The fraction of sp³-hybridized carbons (Fsp3) is 0.333. The van der Waals surface area contributed by atoms with Crippen LogP contribution in [0.5, 0.6) is 0 Å². The molecule has 7 heteroatoms. The molecule has 0 unspecified atom stereocenters. The van der Waals surface area contributed by atoms with Gasteiger partial charge in [-0.05, 0) is 35.3 Å². The van der Waals surface area contributed by atoms with Crippen LogP contribution in [0.25, 0.3) is 11.3 Å². The van der Waals surface area contributed by atoms with Crippen LogP contribution < -0.4 is 10.6 Å². The Bertz CT molecular complexity index is 626. The minimum atomic E-state index is -0.120. The van der Waals surface area contributed by atoms with Crippen molar-refractivity contribution in [2.45, 2.75) is 18.9 Å². The van der Waals surface area contributed by atoms with Gasteiger partial charge in [0, 0.05) is 18.2 Å². The van der Waals surface area contributed by atoms with Crippen LogP contribution in [-0.4, -0.2) is 35.2 Å². The summed E-state index contributed by atoms with van der Waals surface area (Å²) < 4.78 is 0.704. The van der Waals surface area contributed by atoms with Crippen LogP contribution >= 0.6 is 28.3 Å². The lowest BCUT2D eigenvalue weighted by atomic mass is 10.1. The minimum absolute atomic E-state index is 0. The summed E-state index contributed by atoms with van der Waals surface area (Å²) in [5, 5.41) is 13.4. The number of hydrogen-bond donors (Lipinski definition) is 3. The summed E-state index contributed by atoms with van der Waals surface area (Å²) in [5.41, 5.74) is 2.20. The Morgan fingerprint density at radius 1 is 1.32 bits per heavy atom. The van der Waals surface area contributed by atoms with Gasteiger partial charge >= 0.3 is 0 Å². The van der Waals surface area contributed by atoms with Crippen molar-refractivity contribution in [3.05, 3.63) is 40.5 Å². The maximum Gasteiger partial charge on any atom is 0.270 e. The number of carbonyl (C=O) groups is 1. The molecule has 1 atom stereocenters. The molecule has 2 heterocycles. The molecule has 0 aliphatic carbocycles. The van der Waals surface area contributed by atoms with Gasteiger partial charge in [-0.15, -0.1) is 12.4 Å². The molecule has 1 saturated heterocycles. The molecule has 0 radical (unpaired) electrons. The second-order valence-corrected chi connectivity index (χ2v) is 5.94. The number of halogens is 2. The Labute approximate surface area is 143 Å². The maximum atomic E-state index is 12.3. The first-order chi connectivity index (χ1) is 10.3. The van der Waals surface area contributed by atoms with Gasteiger partial charge in [0.1, 0.15) is 11.4 Å². The largest absolute Gasteiger partial charge is 0.347 e. The molecule has 3 N–H and O–H groups in total. The summed E-state index contributed by atoms with van der Waals surface area (Å²) in [6.45, 7) is 1.85. The van der Waals surface area contributed by atoms with E-state index in [4.69, 9.17) is 0 Å². The fourth-order valence-corrected chi connectivity index (χ4v) is 3.08. The number of nitrogens with one attached hydrogen (secondary N) is 3. The zero-order chi connectivity index (χ0) is 14.7. The number of benzene rings is 1. The van der Waals surface area contributed by atoms with Crippen LogP contribution in [0.1, 0.15) is 23.3 Å². The highest BCUT2D eigenvalue weighted by molar-refractivity contribution is 9.10. The Kier molecular flexibility index (Phi) is 5.99. The van der Waals surface area contributed by atoms with E-state index in [2.05, 4.69) is 36.8 Å². The number of aromatic amines is 1. The molecule has 1 aliphatic rings. The first kappa shape index (κ1) is 17.0. The van der Waals surface area contributed by atoms with E-state index in [0.29, 0.717) is 10.2 Å². The standard InChI is InChI=1S/C15H17BrN4O.ClH/c16-12-13(10-5-2-1-3-6-10)19-20-14(12)15(21)18-11-7-4-8-17-9-11;/h1-3,5-6,11,17H,4,7-9H2,(H,18,21)(H,19,20);1H/t11-;/m0./s1. The van der Waals surface area contributed by atoms with E-state index in [1.807, 2.05) is 30.3 Å². The second-order valence-electron chi connectivity index (χ2n) is 5.14. The number of H-pyrrole nitrogens is 1. The number of amides is 1. The van der Waals surface area contributed by atoms with Gasteiger partial charge in [-0.1, -0.05) is 30.3 Å². The summed E-state index contributed by atoms with van der Waals surface area (Å²) in [6.07, 6.45) is 2.10. The summed E-state index contributed by atoms with van der Waals surface area (Å²) in [5.74, 6) is -0.120. The van der Waals surface area contributed by atoms with Crippen molar-refractivity contribution in [2.75, 3.05) is 13.1 Å². The molecular weight excluding hydrogens is 368 g/mol. The van der Waals surface area contributed by atoms with Crippen molar-refractivity contribution >= 4 is 34.2 Å². The fourth-order valence-electron chi connectivity index (χ4n) is 2.50. The number of carbonyl (C=O) groups excluding carboxylic acids is 1. The first-order valence-electron chi connectivity index (χ1n) is 7.06. The summed E-state index contributed by atoms with van der Waals surface area (Å²) in [7, 11) is 0. The minimum Gasteiger partial charge on any atom is -0.347 e. The number of rotatable bonds is 3. The Morgan fingerprint density at radius 2 is 2.09 bits per heavy atom. The van der Waals surface area contributed by atoms with Crippen LogP contribution in [0.15, 0.2) is 34.8 Å². The van der Waals surface area contributed by atoms with Crippen LogP contribution in [0, 0.1) is 0 Å². The second kappa shape index (κ2) is 7.76. The average Bonchev–Trinajstić information content (AvgIpc) is 2.91. The summed E-state index contributed by atoms with van der Waals surface area (Å²) in [4.78, 5) is 12.3. The molecule has 0 saturated carbocycles. The third kappa shape index (κ3) is 3.69. The molecule has 2 aromatic rings. The molecular formula is C15H18BrClN4O. The highest BCUT2D eigenvalue weighted by atomic mass is 79.9. The van der Waals surface area contributed by atoms with E-state index in [0.717, 1.165) is 37.2 Å². The third-order valence-electron chi connectivity index (χ3n) is 3.61. The highest BCUT2D eigenvalue weighted by Crippen LogP contribution is 2.28. The SMILES string of the molecule is Cl.O=C(N[C@H]1CCCNC1)c1[nH]nc(-c2ccccc2)c1Br. The maximum absolute atomic E-state index is 12.3. The Morgan fingerprint density at radius 3 is 2.77 bits per heavy atom. The van der Waals surface area contributed by atoms with Crippen molar-refractivity contribution in [3.63, 3.8) is 0 Å². The number of hydrogen-bond acceptors (Lipinski definition) is 3. The first-order valence-corrected chi connectivity index (χ1v) is 7.86. The van der Waals surface area contributed by atoms with Gasteiger partial charge in [0.2, 0.25) is 0 Å². The van der Waals surface area contributed by atoms with E-state index in [9.17, 15) is 4.79 Å². The van der Waals surface area contributed by atoms with Crippen molar-refractivity contribution in [1.29, 1.82) is 0 Å². The quantitative estimate of drug-likeness (QED) is 0.761. The molecule has 0 spiro atoms. The molecule has 1 aromatic carbocycles. The van der Waals surface area contributed by atoms with Crippen molar-refractivity contribution in [2.24, 2.45) is 0 Å². The lowest BCUT2D eigenvalue weighted by molar-refractivity contribution is 0.0925. The molecule has 1 amide bonds. The monoisotopic (exact) mass is 384 g/mol. The molecule has 1 fully saturated rings. The molecule has 1 aromatic heterocycles. The lowest BCUT2D eigenvalue weighted by Crippen LogP contribution is -2.45. The van der Waals surface area contributed by atoms with Gasteiger partial charge in [-0.3, -0.25) is 9.89 Å². The van der Waals surface area contributed by atoms with Gasteiger partial charge in [-0.2, -0.15) is 5.10 Å². The van der Waals surface area contributed by atoms with Crippen LogP contribution in [0.2, 0.25) is 0 Å².